The van der Waals surface area contributed by atoms with E-state index in [1.54, 1.807) is 0 Å². The average molecular weight is 524 g/mol. The Morgan fingerprint density at radius 3 is 2.07 bits per heavy atom. The molecule has 0 spiro atoms. The lowest BCUT2D eigenvalue weighted by atomic mass is 10.0. The average Bonchev–Trinajstić information content (AvgIpc) is 2.63. The van der Waals surface area contributed by atoms with Crippen molar-refractivity contribution >= 4 is 20.9 Å². The molecule has 3 rings (SSSR count). The minimum absolute atomic E-state index is 0.191. The molecule has 0 saturated heterocycles. The summed E-state index contributed by atoms with van der Waals surface area (Å²) in [6.45, 7) is 0.208. The highest BCUT2D eigenvalue weighted by Gasteiger charge is 2.36. The van der Waals surface area contributed by atoms with Crippen molar-refractivity contribution in [1.29, 1.82) is 0 Å². The second-order valence-electron chi connectivity index (χ2n) is 5.51. The molecule has 3 aromatic carbocycles. The van der Waals surface area contributed by atoms with Crippen LogP contribution in [0.3, 0.4) is 0 Å². The first-order valence-electron chi connectivity index (χ1n) is 7.97. The van der Waals surface area contributed by atoms with Crippen LogP contribution >= 0.6 is 0 Å². The second kappa shape index (κ2) is 9.68. The molecule has 0 aliphatic rings. The maximum atomic E-state index is 10.7. The molecule has 0 aliphatic heterocycles. The fourth-order valence-electron chi connectivity index (χ4n) is 2.36. The summed E-state index contributed by atoms with van der Waals surface area (Å²) in [7, 11) is -6.09. The van der Waals surface area contributed by atoms with Crippen LogP contribution in [0, 0.1) is 7.14 Å². The van der Waals surface area contributed by atoms with Crippen molar-refractivity contribution in [2.24, 2.45) is 0 Å². The zero-order chi connectivity index (χ0) is 20.8. The van der Waals surface area contributed by atoms with Crippen molar-refractivity contribution in [2.45, 2.75) is 11.9 Å². The van der Waals surface area contributed by atoms with Gasteiger partial charge >= 0.3 is 26.7 Å². The van der Waals surface area contributed by atoms with Gasteiger partial charge in [-0.25, -0.2) is 8.42 Å². The van der Waals surface area contributed by atoms with Gasteiger partial charge in [-0.2, -0.15) is 13.2 Å². The van der Waals surface area contributed by atoms with Gasteiger partial charge in [0.05, 0.1) is 0 Å². The number of aliphatic hydroxyl groups is 1. The number of alkyl halides is 3. The van der Waals surface area contributed by atoms with E-state index in [9.17, 15) is 18.3 Å². The normalized spacial score (nSPS) is 11.8. The largest absolute Gasteiger partial charge is 0.741 e. The van der Waals surface area contributed by atoms with E-state index in [-0.39, 0.29) is 27.8 Å². The van der Waals surface area contributed by atoms with Crippen molar-refractivity contribution in [3.63, 3.8) is 0 Å². The van der Waals surface area contributed by atoms with Crippen molar-refractivity contribution in [1.82, 2.24) is 0 Å². The van der Waals surface area contributed by atoms with Crippen LogP contribution in [-0.4, -0.2) is 30.2 Å². The molecular formula is C19H16F3IO4S. The molecule has 0 saturated carbocycles. The van der Waals surface area contributed by atoms with E-state index in [1.165, 1.54) is 23.5 Å². The number of halogens is 4. The van der Waals surface area contributed by atoms with Gasteiger partial charge in [-0.1, -0.05) is 42.5 Å². The number of hydrogen-bond donors (Lipinski definition) is 1. The second-order valence-corrected chi connectivity index (χ2v) is 9.83. The minimum Gasteiger partial charge on any atom is -0.741 e. The number of fused-ring (bicyclic) bond motifs is 1. The maximum absolute atomic E-state index is 10.7. The lowest BCUT2D eigenvalue weighted by Gasteiger charge is -2.08. The molecule has 150 valence electrons. The number of hydrogen-bond acceptors (Lipinski definition) is 4. The minimum atomic E-state index is -6.09. The van der Waals surface area contributed by atoms with Gasteiger partial charge < -0.3 is 9.66 Å². The molecule has 28 heavy (non-hydrogen) atoms. The first-order chi connectivity index (χ1) is 13.1. The monoisotopic (exact) mass is 524 g/mol. The van der Waals surface area contributed by atoms with Gasteiger partial charge in [-0.3, -0.25) is 0 Å². The van der Waals surface area contributed by atoms with Crippen LogP contribution in [0.4, 0.5) is 13.2 Å². The highest BCUT2D eigenvalue weighted by molar-refractivity contribution is 7.86. The van der Waals surface area contributed by atoms with Crippen LogP contribution in [-0.2, 0) is 16.5 Å². The van der Waals surface area contributed by atoms with E-state index in [2.05, 4.69) is 66.7 Å². The third kappa shape index (κ3) is 6.16. The number of benzene rings is 3. The number of rotatable bonds is 4. The van der Waals surface area contributed by atoms with Crippen molar-refractivity contribution in [3.05, 3.63) is 79.4 Å². The standard InChI is InChI=1S/C18H16IO.CHF3O3S/c20-13-12-17-16-9-5-4-6-14(16)10-11-18(17)19-15-7-2-1-3-8-15;2-1(3,4)8(5,6)7/h1-11,20H,12-13H2;(H,5,6,7)/q+1;/p-1. The molecule has 1 N–H and O–H groups in total. The van der Waals surface area contributed by atoms with Crippen LogP contribution in [0.1, 0.15) is 5.56 Å². The van der Waals surface area contributed by atoms with Gasteiger partial charge in [-0.15, -0.1) is 0 Å². The van der Waals surface area contributed by atoms with Gasteiger partial charge in [0.2, 0.25) is 0 Å². The van der Waals surface area contributed by atoms with E-state index in [0.717, 1.165) is 6.42 Å². The van der Waals surface area contributed by atoms with E-state index in [0.29, 0.717) is 0 Å². The van der Waals surface area contributed by atoms with Gasteiger partial charge in [0.25, 0.3) is 0 Å². The van der Waals surface area contributed by atoms with Crippen LogP contribution in [0.15, 0.2) is 66.7 Å². The molecule has 0 aromatic heterocycles. The molecule has 9 heteroatoms. The molecule has 0 atom stereocenters. The Kier molecular flexibility index (Phi) is 7.81. The first-order valence-corrected chi connectivity index (χ1v) is 11.5. The molecule has 0 unspecified atom stereocenters. The SMILES string of the molecule is O=S(=O)([O-])C(F)(F)F.OCCc1c([I+]c2ccccc2)ccc2ccccc12. The third-order valence-corrected chi connectivity index (χ3v) is 7.07. The zero-order valence-electron chi connectivity index (χ0n) is 14.4. The van der Waals surface area contributed by atoms with E-state index >= 15 is 0 Å². The van der Waals surface area contributed by atoms with Crippen LogP contribution < -0.4 is 21.2 Å². The fraction of sp³-hybridized carbons (Fsp3) is 0.158. The Morgan fingerprint density at radius 1 is 0.929 bits per heavy atom. The Hall–Kier alpha value is -1.69. The summed E-state index contributed by atoms with van der Waals surface area (Å²) in [4.78, 5) is 0. The van der Waals surface area contributed by atoms with E-state index in [4.69, 9.17) is 13.0 Å². The quantitative estimate of drug-likeness (QED) is 0.308. The van der Waals surface area contributed by atoms with Crippen LogP contribution in [0.2, 0.25) is 0 Å². The molecule has 0 heterocycles. The Bertz CT molecular complexity index is 1020. The van der Waals surface area contributed by atoms with E-state index in [1.807, 2.05) is 0 Å². The van der Waals surface area contributed by atoms with Gasteiger partial charge in [-0.05, 0) is 35.0 Å². The predicted octanol–water partition coefficient (Wildman–Crippen LogP) is 0.554. The summed E-state index contributed by atoms with van der Waals surface area (Å²) in [5.41, 5.74) is -4.32. The third-order valence-electron chi connectivity index (χ3n) is 3.57. The molecule has 3 aromatic rings. The summed E-state index contributed by atoms with van der Waals surface area (Å²) in [6.07, 6.45) is 0.739. The molecule has 0 amide bonds. The van der Waals surface area contributed by atoms with Crippen molar-refractivity contribution in [3.8, 4) is 0 Å². The number of aliphatic hydroxyl groups excluding tert-OH is 1. The summed E-state index contributed by atoms with van der Waals surface area (Å²) in [5.74, 6) is 0. The lowest BCUT2D eigenvalue weighted by molar-refractivity contribution is -0.598. The Labute approximate surface area is 171 Å². The van der Waals surface area contributed by atoms with Crippen LogP contribution in [0.5, 0.6) is 0 Å². The summed E-state index contributed by atoms with van der Waals surface area (Å²) < 4.78 is 61.7. The smallest absolute Gasteiger partial charge is 0.485 e. The molecule has 4 nitrogen and oxygen atoms in total. The summed E-state index contributed by atoms with van der Waals surface area (Å²) >= 11 is -0.191. The molecule has 0 radical (unpaired) electrons. The Balaban J connectivity index is 0.000000300. The maximum Gasteiger partial charge on any atom is 0.485 e. The van der Waals surface area contributed by atoms with Gasteiger partial charge in [0, 0.05) is 18.6 Å². The summed E-state index contributed by atoms with van der Waals surface area (Å²) in [5, 5.41) is 11.9. The predicted molar refractivity (Wildman–Crippen MR) is 94.3 cm³/mol. The van der Waals surface area contributed by atoms with Crippen molar-refractivity contribution in [2.75, 3.05) is 6.61 Å². The highest BCUT2D eigenvalue weighted by atomic mass is 127. The Morgan fingerprint density at radius 2 is 1.50 bits per heavy atom. The van der Waals surface area contributed by atoms with Gasteiger partial charge in [0.15, 0.2) is 17.3 Å². The molecule has 0 bridgehead atoms. The highest BCUT2D eigenvalue weighted by Crippen LogP contribution is 2.20. The fourth-order valence-corrected chi connectivity index (χ4v) is 5.05. The lowest BCUT2D eigenvalue weighted by Crippen LogP contribution is -3.61. The summed E-state index contributed by atoms with van der Waals surface area (Å²) in [6, 6.07) is 23.5. The van der Waals surface area contributed by atoms with Gasteiger partial charge in [0.1, 0.15) is 0 Å². The molecular weight excluding hydrogens is 508 g/mol. The molecule has 0 aliphatic carbocycles. The first kappa shape index (κ1) is 22.6. The van der Waals surface area contributed by atoms with E-state index < -0.39 is 15.6 Å². The zero-order valence-corrected chi connectivity index (χ0v) is 17.3. The topological polar surface area (TPSA) is 77.4 Å². The van der Waals surface area contributed by atoms with Crippen LogP contribution in [0.25, 0.3) is 10.8 Å². The van der Waals surface area contributed by atoms with Crippen molar-refractivity contribution < 1.29 is 52.5 Å². The molecule has 0 fully saturated rings.